The van der Waals surface area contributed by atoms with Gasteiger partial charge in [-0.15, -0.1) is 11.3 Å². The van der Waals surface area contributed by atoms with Crippen LogP contribution in [0.15, 0.2) is 17.5 Å². The van der Waals surface area contributed by atoms with Gasteiger partial charge in [0.1, 0.15) is 0 Å². The molecule has 1 aromatic rings. The number of nitrogens with zero attached hydrogens (tertiary/aromatic N) is 1. The van der Waals surface area contributed by atoms with E-state index >= 15 is 0 Å². The lowest BCUT2D eigenvalue weighted by Gasteiger charge is -2.23. The van der Waals surface area contributed by atoms with Gasteiger partial charge in [0.05, 0.1) is 12.5 Å². The maximum atomic E-state index is 11.8. The molecule has 0 aliphatic carbocycles. The minimum absolute atomic E-state index is 0.146. The fourth-order valence-corrected chi connectivity index (χ4v) is 2.21. The summed E-state index contributed by atoms with van der Waals surface area (Å²) in [5.41, 5.74) is 0. The Bertz CT molecular complexity index is 458. The smallest absolute Gasteiger partial charge is 0.324 e. The van der Waals surface area contributed by atoms with Crippen LogP contribution in [0.4, 0.5) is 4.79 Å². The van der Waals surface area contributed by atoms with Crippen molar-refractivity contribution < 1.29 is 19.5 Å². The molecule has 7 heteroatoms. The van der Waals surface area contributed by atoms with Gasteiger partial charge in [0.2, 0.25) is 5.91 Å². The second-order valence-electron chi connectivity index (χ2n) is 4.05. The first-order chi connectivity index (χ1) is 8.91. The molecule has 3 amide bonds. The topological polar surface area (TPSA) is 86.7 Å². The number of imide groups is 1. The zero-order valence-corrected chi connectivity index (χ0v) is 11.6. The van der Waals surface area contributed by atoms with E-state index in [1.807, 2.05) is 24.4 Å². The van der Waals surface area contributed by atoms with Crippen LogP contribution in [0.5, 0.6) is 0 Å². The number of aliphatic carboxylic acids is 1. The summed E-state index contributed by atoms with van der Waals surface area (Å²) in [6.45, 7) is 1.85. The Hall–Kier alpha value is -1.89. The van der Waals surface area contributed by atoms with Gasteiger partial charge < -0.3 is 10.0 Å². The van der Waals surface area contributed by atoms with Crippen LogP contribution in [-0.2, 0) is 9.59 Å². The standard InChI is InChI=1S/C12H16N2O4S/c1-8(9-4-3-7-19-9)14(2)12(18)13-10(15)5-6-11(16)17/h3-4,7-8H,5-6H2,1-2H3,(H,16,17)(H,13,15,18). The molecule has 1 atom stereocenters. The summed E-state index contributed by atoms with van der Waals surface area (Å²) in [7, 11) is 1.59. The van der Waals surface area contributed by atoms with Crippen LogP contribution in [0.1, 0.15) is 30.7 Å². The molecule has 6 nitrogen and oxygen atoms in total. The SMILES string of the molecule is CC(c1cccs1)N(C)C(=O)NC(=O)CCC(=O)O. The van der Waals surface area contributed by atoms with Crippen molar-refractivity contribution in [2.75, 3.05) is 7.05 Å². The number of carbonyl (C=O) groups excluding carboxylic acids is 2. The number of carbonyl (C=O) groups is 3. The Balaban J connectivity index is 2.48. The van der Waals surface area contributed by atoms with Crippen molar-refractivity contribution in [3.8, 4) is 0 Å². The highest BCUT2D eigenvalue weighted by Gasteiger charge is 2.19. The van der Waals surface area contributed by atoms with Gasteiger partial charge in [0, 0.05) is 18.3 Å². The van der Waals surface area contributed by atoms with Crippen LogP contribution in [0.25, 0.3) is 0 Å². The first-order valence-corrected chi connectivity index (χ1v) is 6.61. The molecule has 1 unspecified atom stereocenters. The summed E-state index contributed by atoms with van der Waals surface area (Å²) in [5, 5.41) is 12.5. The van der Waals surface area contributed by atoms with Gasteiger partial charge in [0.25, 0.3) is 0 Å². The maximum absolute atomic E-state index is 11.8. The maximum Gasteiger partial charge on any atom is 0.324 e. The lowest BCUT2D eigenvalue weighted by Crippen LogP contribution is -2.41. The van der Waals surface area contributed by atoms with E-state index in [9.17, 15) is 14.4 Å². The summed E-state index contributed by atoms with van der Waals surface area (Å²) in [5.74, 6) is -1.65. The van der Waals surface area contributed by atoms with Gasteiger partial charge in [-0.3, -0.25) is 14.9 Å². The molecule has 1 aromatic heterocycles. The van der Waals surface area contributed by atoms with Crippen molar-refractivity contribution in [1.29, 1.82) is 0 Å². The van der Waals surface area contributed by atoms with Crippen LogP contribution in [0, 0.1) is 0 Å². The summed E-state index contributed by atoms with van der Waals surface area (Å²) in [4.78, 5) is 35.9. The average molecular weight is 284 g/mol. The minimum Gasteiger partial charge on any atom is -0.481 e. The number of thiophene rings is 1. The summed E-state index contributed by atoms with van der Waals surface area (Å²) in [6, 6.07) is 3.12. The summed E-state index contributed by atoms with van der Waals surface area (Å²) < 4.78 is 0. The van der Waals surface area contributed by atoms with Gasteiger partial charge in [-0.25, -0.2) is 4.79 Å². The largest absolute Gasteiger partial charge is 0.481 e. The van der Waals surface area contributed by atoms with Crippen LogP contribution in [0.2, 0.25) is 0 Å². The van der Waals surface area contributed by atoms with Gasteiger partial charge in [-0.1, -0.05) is 6.07 Å². The zero-order chi connectivity index (χ0) is 14.4. The molecule has 19 heavy (non-hydrogen) atoms. The second-order valence-corrected chi connectivity index (χ2v) is 5.03. The van der Waals surface area contributed by atoms with Crippen LogP contribution in [0.3, 0.4) is 0 Å². The summed E-state index contributed by atoms with van der Waals surface area (Å²) in [6.07, 6.45) is -0.494. The van der Waals surface area contributed by atoms with Gasteiger partial charge in [-0.2, -0.15) is 0 Å². The fraction of sp³-hybridized carbons (Fsp3) is 0.417. The molecule has 0 spiro atoms. The number of carboxylic acids is 1. The van der Waals surface area contributed by atoms with E-state index < -0.39 is 17.9 Å². The van der Waals surface area contributed by atoms with Crippen molar-refractivity contribution in [3.63, 3.8) is 0 Å². The second kappa shape index (κ2) is 6.89. The van der Waals surface area contributed by atoms with E-state index in [1.54, 1.807) is 7.05 Å². The van der Waals surface area contributed by atoms with Gasteiger partial charge in [0.15, 0.2) is 0 Å². The van der Waals surface area contributed by atoms with E-state index in [-0.39, 0.29) is 18.9 Å². The Labute approximate surface area is 115 Å². The van der Waals surface area contributed by atoms with Crippen LogP contribution in [-0.4, -0.2) is 35.0 Å². The predicted molar refractivity (Wildman–Crippen MR) is 70.9 cm³/mol. The Morgan fingerprint density at radius 2 is 2.11 bits per heavy atom. The third kappa shape index (κ3) is 4.70. The lowest BCUT2D eigenvalue weighted by molar-refractivity contribution is -0.138. The van der Waals surface area contributed by atoms with Crippen LogP contribution < -0.4 is 5.32 Å². The van der Waals surface area contributed by atoms with Crippen molar-refractivity contribution in [1.82, 2.24) is 10.2 Å². The number of urea groups is 1. The highest BCUT2D eigenvalue weighted by molar-refractivity contribution is 7.10. The van der Waals surface area contributed by atoms with E-state index in [2.05, 4.69) is 5.32 Å². The number of rotatable bonds is 5. The molecule has 1 rings (SSSR count). The van der Waals surface area contributed by atoms with E-state index in [0.29, 0.717) is 0 Å². The monoisotopic (exact) mass is 284 g/mol. The predicted octanol–water partition coefficient (Wildman–Crippen LogP) is 1.84. The Morgan fingerprint density at radius 3 is 2.63 bits per heavy atom. The van der Waals surface area contributed by atoms with E-state index in [0.717, 1.165) is 4.88 Å². The third-order valence-corrected chi connectivity index (χ3v) is 3.71. The average Bonchev–Trinajstić information content (AvgIpc) is 2.88. The molecule has 0 aromatic carbocycles. The van der Waals surface area contributed by atoms with Gasteiger partial charge in [-0.05, 0) is 18.4 Å². The minimum atomic E-state index is -1.07. The lowest BCUT2D eigenvalue weighted by atomic mass is 10.2. The molecule has 0 saturated heterocycles. The summed E-state index contributed by atoms with van der Waals surface area (Å²) >= 11 is 1.53. The molecule has 0 aliphatic rings. The molecule has 0 saturated carbocycles. The zero-order valence-electron chi connectivity index (χ0n) is 10.8. The molecule has 0 radical (unpaired) electrons. The first kappa shape index (κ1) is 15.2. The molecule has 0 aliphatic heterocycles. The van der Waals surface area contributed by atoms with Crippen molar-refractivity contribution in [3.05, 3.63) is 22.4 Å². The number of hydrogen-bond donors (Lipinski definition) is 2. The van der Waals surface area contributed by atoms with Crippen molar-refractivity contribution in [2.45, 2.75) is 25.8 Å². The number of hydrogen-bond acceptors (Lipinski definition) is 4. The highest BCUT2D eigenvalue weighted by atomic mass is 32.1. The molecular formula is C12H16N2O4S. The third-order valence-electron chi connectivity index (χ3n) is 2.67. The number of carboxylic acid groups (broad SMARTS) is 1. The van der Waals surface area contributed by atoms with Gasteiger partial charge >= 0.3 is 12.0 Å². The molecule has 0 bridgehead atoms. The molecule has 2 N–H and O–H groups in total. The van der Waals surface area contributed by atoms with E-state index in [1.165, 1.54) is 16.2 Å². The Morgan fingerprint density at radius 1 is 1.42 bits per heavy atom. The highest BCUT2D eigenvalue weighted by Crippen LogP contribution is 2.23. The number of nitrogens with one attached hydrogen (secondary N) is 1. The molecule has 1 heterocycles. The normalized spacial score (nSPS) is 11.7. The first-order valence-electron chi connectivity index (χ1n) is 5.73. The van der Waals surface area contributed by atoms with Crippen LogP contribution >= 0.6 is 11.3 Å². The van der Waals surface area contributed by atoms with E-state index in [4.69, 9.17) is 5.11 Å². The quantitative estimate of drug-likeness (QED) is 0.863. The number of amides is 3. The van der Waals surface area contributed by atoms with Crippen molar-refractivity contribution >= 4 is 29.2 Å². The fourth-order valence-electron chi connectivity index (χ4n) is 1.39. The molecular weight excluding hydrogens is 268 g/mol. The molecule has 0 fully saturated rings. The molecule has 104 valence electrons. The van der Waals surface area contributed by atoms with Crippen molar-refractivity contribution in [2.24, 2.45) is 0 Å². The Kier molecular flexibility index (Phi) is 5.50.